The molecule has 0 radical (unpaired) electrons. The second kappa shape index (κ2) is 11.5. The molecule has 45 heavy (non-hydrogen) atoms. The normalized spacial score (nSPS) is 28.7. The lowest BCUT2D eigenvalue weighted by molar-refractivity contribution is 0.623. The zero-order valence-corrected chi connectivity index (χ0v) is 47.4. The van der Waals surface area contributed by atoms with E-state index in [1.165, 1.54) is 0 Å². The van der Waals surface area contributed by atoms with Crippen LogP contribution in [0.1, 0.15) is 166 Å². The van der Waals surface area contributed by atoms with Gasteiger partial charge in [0.05, 0.1) is 29.9 Å². The molecular weight excluding hydrogens is 857 g/mol. The molecule has 270 valence electrons. The zero-order valence-electron chi connectivity index (χ0n) is 35.6. The first-order valence-corrected chi connectivity index (χ1v) is 47.1. The van der Waals surface area contributed by atoms with Gasteiger partial charge in [0.2, 0.25) is 0 Å². The Morgan fingerprint density at radius 1 is 0.289 bits per heavy atom. The van der Waals surface area contributed by atoms with Crippen LogP contribution in [0.5, 0.6) is 0 Å². The third-order valence-electron chi connectivity index (χ3n) is 15.3. The molecule has 0 amide bonds. The lowest BCUT2D eigenvalue weighted by Gasteiger charge is -2.92. The molecule has 1 aliphatic heterocycles. The molecule has 0 nitrogen and oxygen atoms in total. The van der Waals surface area contributed by atoms with Crippen LogP contribution in [0.25, 0.3) is 0 Å². The Labute approximate surface area is 314 Å². The molecule has 0 aromatic carbocycles. The topological polar surface area (TPSA) is 0 Å². The Kier molecular flexibility index (Phi) is 11.7. The molecular formula is C35H81Br3Si7. The molecule has 1 unspecified atom stereocenters. The van der Waals surface area contributed by atoms with Gasteiger partial charge in [-0.05, 0) is 40.3 Å². The molecule has 0 saturated carbocycles. The van der Waals surface area contributed by atoms with Crippen molar-refractivity contribution < 1.29 is 0 Å². The molecule has 0 aromatic heterocycles. The maximum absolute atomic E-state index is 5.54. The number of rotatable bonds is 3. The van der Waals surface area contributed by atoms with Crippen LogP contribution in [-0.2, 0) is 0 Å². The van der Waals surface area contributed by atoms with Crippen LogP contribution >= 0.6 is 45.9 Å². The van der Waals surface area contributed by atoms with Gasteiger partial charge in [0.1, 0.15) is 15.7 Å². The Bertz CT molecular complexity index is 1020. The summed E-state index contributed by atoms with van der Waals surface area (Å²) in [5, 5.41) is -4.83. The summed E-state index contributed by atoms with van der Waals surface area (Å²) in [7, 11) is -8.72. The third kappa shape index (κ3) is 4.99. The van der Waals surface area contributed by atoms with Crippen molar-refractivity contribution in [2.45, 2.75) is 226 Å². The highest BCUT2D eigenvalue weighted by atomic mass is 79.9. The summed E-state index contributed by atoms with van der Waals surface area (Å²) < 4.78 is 0. The predicted octanol–water partition coefficient (Wildman–Crippen LogP) is 15.7. The quantitative estimate of drug-likeness (QED) is 0.195. The average Bonchev–Trinajstić information content (AvgIpc) is 2.69. The molecule has 10 heteroatoms. The fourth-order valence-electron chi connectivity index (χ4n) is 12.7. The van der Waals surface area contributed by atoms with Crippen LogP contribution in [0, 0.1) is 0 Å². The van der Waals surface area contributed by atoms with E-state index in [1.807, 2.05) is 0 Å². The number of halogens is 3. The minimum Gasteiger partial charge on any atom is -0.136 e. The molecule has 1 rings (SSSR count). The van der Waals surface area contributed by atoms with Crippen LogP contribution in [0.2, 0.25) is 59.9 Å². The van der Waals surface area contributed by atoms with Crippen molar-refractivity contribution in [3.8, 4) is 0 Å². The maximum atomic E-state index is 5.54. The monoisotopic (exact) mass is 934 g/mol. The van der Waals surface area contributed by atoms with Gasteiger partial charge in [0, 0.05) is 0 Å². The van der Waals surface area contributed by atoms with E-state index in [0.717, 1.165) is 0 Å². The summed E-state index contributed by atoms with van der Waals surface area (Å²) in [5.74, 6) is 0. The van der Waals surface area contributed by atoms with Gasteiger partial charge >= 0.3 is 0 Å². The van der Waals surface area contributed by atoms with Crippen molar-refractivity contribution in [2.24, 2.45) is 0 Å². The lowest BCUT2D eigenvalue weighted by atomic mass is 10.2. The maximum Gasteiger partial charge on any atom is 0.125 e. The number of hydrogen-bond donors (Lipinski definition) is 0. The van der Waals surface area contributed by atoms with Gasteiger partial charge < -0.3 is 0 Å². The first-order valence-electron chi connectivity index (χ1n) is 17.8. The summed E-state index contributed by atoms with van der Waals surface area (Å²) in [6.07, 6.45) is 0. The van der Waals surface area contributed by atoms with Crippen LogP contribution in [-0.4, -0.2) is 45.6 Å². The molecule has 1 fully saturated rings. The van der Waals surface area contributed by atoms with E-state index < -0.39 is 45.6 Å². The van der Waals surface area contributed by atoms with Crippen LogP contribution < -0.4 is 0 Å². The van der Waals surface area contributed by atoms with Gasteiger partial charge in [-0.25, -0.2) is 0 Å². The van der Waals surface area contributed by atoms with Crippen molar-refractivity contribution >= 4 is 91.5 Å². The highest BCUT2D eigenvalue weighted by molar-refractivity contribution is 9.52. The van der Waals surface area contributed by atoms with E-state index >= 15 is 0 Å². The Morgan fingerprint density at radius 2 is 0.422 bits per heavy atom. The van der Waals surface area contributed by atoms with Crippen LogP contribution in [0.15, 0.2) is 0 Å². The van der Waals surface area contributed by atoms with E-state index in [1.54, 1.807) is 0 Å². The van der Waals surface area contributed by atoms with Gasteiger partial charge in [-0.3, -0.25) is 0 Å². The fraction of sp³-hybridized carbons (Fsp3) is 1.00. The number of hydrogen-bond acceptors (Lipinski definition) is 0. The van der Waals surface area contributed by atoms with Gasteiger partial charge in [0.15, 0.2) is 0 Å². The molecule has 0 N–H and O–H groups in total. The highest BCUT2D eigenvalue weighted by Gasteiger charge is 3.05. The van der Waals surface area contributed by atoms with Gasteiger partial charge in [-0.15, -0.1) is 45.9 Å². The smallest absolute Gasteiger partial charge is 0.125 e. The SMILES string of the molecule is CC(C)(C)[Si](C)(C(C)(C)C)[Si]1(Br)[Si@@](Br)([Si](C)(C(C)(C)C)C(C)(C)C)[Si](C(C)(C)C)(C(C)(C)C)[Si@@]1(Br)[Si](C)(C(C)(C)C)C(C)(C)C. The van der Waals surface area contributed by atoms with Crippen molar-refractivity contribution in [3.63, 3.8) is 0 Å². The van der Waals surface area contributed by atoms with E-state index in [-0.39, 0.29) is 40.3 Å². The molecule has 1 heterocycles. The molecule has 1 saturated heterocycles. The summed E-state index contributed by atoms with van der Waals surface area (Å²) in [6, 6.07) is 0. The summed E-state index contributed by atoms with van der Waals surface area (Å²) in [4.78, 5) is 0. The van der Waals surface area contributed by atoms with E-state index in [2.05, 4.69) is 186 Å². The fourth-order valence-corrected chi connectivity index (χ4v) is 574. The Hall–Kier alpha value is 2.96. The summed E-state index contributed by atoms with van der Waals surface area (Å²) >= 11 is 16.6. The van der Waals surface area contributed by atoms with Gasteiger partial charge in [0.25, 0.3) is 0 Å². The van der Waals surface area contributed by atoms with Crippen molar-refractivity contribution in [3.05, 3.63) is 0 Å². The average molecular weight is 938 g/mol. The summed E-state index contributed by atoms with van der Waals surface area (Å²) in [6.45, 7) is 74.0. The second-order valence-electron chi connectivity index (χ2n) is 24.1. The first kappa shape index (κ1) is 46.0. The largest absolute Gasteiger partial charge is 0.136 e. The van der Waals surface area contributed by atoms with Crippen molar-refractivity contribution in [1.29, 1.82) is 0 Å². The molecule has 0 aromatic rings. The van der Waals surface area contributed by atoms with E-state index in [9.17, 15) is 0 Å². The minimum absolute atomic E-state index is 0.265. The standard InChI is InChI=1S/C35H81Br3Si7/c1-28(2,3)39(25,29(4,5)6)43(36)42(34(19,20)21,35(22,23)24)44(37,40(26,30(7,8)9)31(10,11)12)45(43,38)41(27,32(13,14)15)33(16,17)18/h1-27H3/t43-,44+,45?. The zero-order chi connectivity index (χ0) is 37.5. The van der Waals surface area contributed by atoms with E-state index in [0.29, 0.717) is 0 Å². The molecule has 1 aliphatic rings. The second-order valence-corrected chi connectivity index (χ2v) is 128. The minimum atomic E-state index is -2.35. The Morgan fingerprint density at radius 3 is 0.533 bits per heavy atom. The van der Waals surface area contributed by atoms with Crippen molar-refractivity contribution in [2.75, 3.05) is 0 Å². The predicted molar refractivity (Wildman–Crippen MR) is 242 cm³/mol. The van der Waals surface area contributed by atoms with Crippen LogP contribution in [0.4, 0.5) is 0 Å². The molecule has 3 atom stereocenters. The lowest BCUT2D eigenvalue weighted by Crippen LogP contribution is -3.20. The summed E-state index contributed by atoms with van der Waals surface area (Å²) in [5.41, 5.74) is 0. The van der Waals surface area contributed by atoms with Gasteiger partial charge in [-0.1, -0.05) is 186 Å². The molecule has 0 spiro atoms. The third-order valence-corrected chi connectivity index (χ3v) is 290. The first-order chi connectivity index (χ1) is 18.8. The van der Waals surface area contributed by atoms with Crippen molar-refractivity contribution in [1.82, 2.24) is 0 Å². The highest BCUT2D eigenvalue weighted by Crippen LogP contribution is 2.86. The van der Waals surface area contributed by atoms with Crippen LogP contribution in [0.3, 0.4) is 0 Å². The molecule has 0 bridgehead atoms. The molecule has 0 aliphatic carbocycles. The Balaban J connectivity index is 5.50. The van der Waals surface area contributed by atoms with E-state index in [4.69, 9.17) is 45.9 Å². The van der Waals surface area contributed by atoms with Gasteiger partial charge in [-0.2, -0.15) is 0 Å².